The average molecular weight is 468 g/mol. The number of nitrogens with one attached hydrogen (secondary N) is 2. The Kier molecular flexibility index (Phi) is 10.7. The quantitative estimate of drug-likeness (QED) is 0.163. The molecule has 0 bridgehead atoms. The molecule has 7 N–H and O–H groups in total. The van der Waals surface area contributed by atoms with Crippen LogP contribution < -0.4 is 10.6 Å². The molecule has 0 aromatic heterocycles. The van der Waals surface area contributed by atoms with Gasteiger partial charge in [0.05, 0.1) is 26.9 Å². The minimum absolute atomic E-state index is 0.646. The summed E-state index contributed by atoms with van der Waals surface area (Å²) in [5.74, 6) is -1.91. The van der Waals surface area contributed by atoms with Crippen LogP contribution in [0.25, 0.3) is 0 Å². The molecule has 32 heavy (non-hydrogen) atoms. The predicted octanol–water partition coefficient (Wildman–Crippen LogP) is -3.65. The van der Waals surface area contributed by atoms with Crippen molar-refractivity contribution in [1.29, 1.82) is 0 Å². The van der Waals surface area contributed by atoms with E-state index in [9.17, 15) is 39.9 Å². The number of esters is 1. The Bertz CT molecular complexity index is 638. The van der Waals surface area contributed by atoms with E-state index in [1.165, 1.54) is 0 Å². The van der Waals surface area contributed by atoms with E-state index in [-0.39, 0.29) is 0 Å². The van der Waals surface area contributed by atoms with E-state index in [4.69, 9.17) is 14.2 Å². The van der Waals surface area contributed by atoms with Crippen molar-refractivity contribution >= 4 is 18.0 Å². The van der Waals surface area contributed by atoms with Crippen LogP contribution in [0.4, 0.5) is 4.79 Å². The number of rotatable bonds is 9. The zero-order valence-corrected chi connectivity index (χ0v) is 18.3. The lowest BCUT2D eigenvalue weighted by Gasteiger charge is -2.39. The van der Waals surface area contributed by atoms with E-state index in [0.717, 1.165) is 7.11 Å². The Balaban J connectivity index is 2.93. The first-order valence-electron chi connectivity index (χ1n) is 9.75. The average Bonchev–Trinajstić information content (AvgIpc) is 2.72. The lowest BCUT2D eigenvalue weighted by atomic mass is 9.99. The van der Waals surface area contributed by atoms with Crippen molar-refractivity contribution in [2.75, 3.05) is 26.9 Å². The largest absolute Gasteiger partial charge is 0.467 e. The highest BCUT2D eigenvalue weighted by molar-refractivity contribution is 5.89. The monoisotopic (exact) mass is 468 g/mol. The maximum absolute atomic E-state index is 12.6. The highest BCUT2D eigenvalue weighted by Gasteiger charge is 2.44. The maximum atomic E-state index is 12.6. The topological polar surface area (TPSA) is 213 Å². The van der Waals surface area contributed by atoms with Crippen LogP contribution in [0.3, 0.4) is 0 Å². The van der Waals surface area contributed by atoms with E-state index in [1.54, 1.807) is 20.8 Å². The zero-order valence-electron chi connectivity index (χ0n) is 18.3. The number of hydrogen-bond donors (Lipinski definition) is 7. The highest BCUT2D eigenvalue weighted by atomic mass is 16.7. The summed E-state index contributed by atoms with van der Waals surface area (Å²) in [7, 11) is 1.05. The van der Waals surface area contributed by atoms with Gasteiger partial charge in [-0.3, -0.25) is 4.79 Å². The molecule has 1 aliphatic rings. The number of methoxy groups -OCH3 is 1. The zero-order chi connectivity index (χ0) is 24.6. The van der Waals surface area contributed by atoms with E-state index in [0.29, 0.717) is 0 Å². The molecular formula is C18H32N2O12. The fourth-order valence-electron chi connectivity index (χ4n) is 2.62. The third kappa shape index (κ3) is 8.12. The van der Waals surface area contributed by atoms with Gasteiger partial charge in [-0.25, -0.2) is 9.59 Å². The summed E-state index contributed by atoms with van der Waals surface area (Å²) in [4.78, 5) is 36.4. The van der Waals surface area contributed by atoms with Crippen LogP contribution in [-0.4, -0.2) is 119 Å². The molecule has 1 heterocycles. The first-order chi connectivity index (χ1) is 14.8. The van der Waals surface area contributed by atoms with Gasteiger partial charge in [0.25, 0.3) is 0 Å². The second-order valence-electron chi connectivity index (χ2n) is 8.00. The minimum Gasteiger partial charge on any atom is -0.467 e. The molecule has 1 saturated heterocycles. The van der Waals surface area contributed by atoms with Crippen LogP contribution >= 0.6 is 0 Å². The molecule has 1 unspecified atom stereocenters. The van der Waals surface area contributed by atoms with Crippen molar-refractivity contribution in [2.24, 2.45) is 0 Å². The van der Waals surface area contributed by atoms with Crippen LogP contribution in [0.5, 0.6) is 0 Å². The summed E-state index contributed by atoms with van der Waals surface area (Å²) in [6.07, 6.45) is -8.89. The van der Waals surface area contributed by atoms with Crippen LogP contribution in [0.15, 0.2) is 0 Å². The van der Waals surface area contributed by atoms with Gasteiger partial charge in [-0.2, -0.15) is 0 Å². The number of hydrogen-bond acceptors (Lipinski definition) is 12. The van der Waals surface area contributed by atoms with Crippen molar-refractivity contribution in [1.82, 2.24) is 10.6 Å². The van der Waals surface area contributed by atoms with Crippen molar-refractivity contribution < 1.29 is 58.9 Å². The van der Waals surface area contributed by atoms with Crippen LogP contribution in [0.1, 0.15) is 20.8 Å². The molecule has 1 fully saturated rings. The van der Waals surface area contributed by atoms with Crippen molar-refractivity contribution in [3.63, 3.8) is 0 Å². The van der Waals surface area contributed by atoms with E-state index in [1.807, 2.05) is 0 Å². The second-order valence-corrected chi connectivity index (χ2v) is 8.00. The fraction of sp³-hybridized carbons (Fsp3) is 0.833. The SMILES string of the molecule is COC(=O)C(CO)NC(=O)[C@H](CO[C@@H]1O[C@H](CO)[C@H](O)[C@H](O)[C@H]1O)NC(=O)OC(C)(C)C. The van der Waals surface area contributed by atoms with Gasteiger partial charge in [-0.05, 0) is 20.8 Å². The summed E-state index contributed by atoms with van der Waals surface area (Å²) in [6, 6.07) is -2.93. The molecular weight excluding hydrogens is 436 g/mol. The molecule has 2 amide bonds. The normalized spacial score (nSPS) is 27.7. The van der Waals surface area contributed by atoms with Crippen LogP contribution in [0.2, 0.25) is 0 Å². The molecule has 7 atom stereocenters. The van der Waals surface area contributed by atoms with Crippen LogP contribution in [0, 0.1) is 0 Å². The number of amides is 2. The minimum atomic E-state index is -1.74. The maximum Gasteiger partial charge on any atom is 0.408 e. The third-order valence-electron chi connectivity index (χ3n) is 4.27. The lowest BCUT2D eigenvalue weighted by molar-refractivity contribution is -0.301. The summed E-state index contributed by atoms with van der Waals surface area (Å²) in [6.45, 7) is 2.64. The molecule has 14 heteroatoms. The molecule has 1 rings (SSSR count). The first-order valence-corrected chi connectivity index (χ1v) is 9.75. The molecule has 0 aromatic carbocycles. The Morgan fingerprint density at radius 3 is 2.12 bits per heavy atom. The number of ether oxygens (including phenoxy) is 4. The molecule has 0 spiro atoms. The fourth-order valence-corrected chi connectivity index (χ4v) is 2.62. The molecule has 0 aromatic rings. The molecule has 14 nitrogen and oxygen atoms in total. The van der Waals surface area contributed by atoms with Crippen molar-refractivity contribution in [3.8, 4) is 0 Å². The predicted molar refractivity (Wildman–Crippen MR) is 104 cm³/mol. The number of aliphatic hydroxyl groups excluding tert-OH is 5. The Morgan fingerprint density at radius 2 is 1.62 bits per heavy atom. The number of aliphatic hydroxyl groups is 5. The van der Waals surface area contributed by atoms with E-state index in [2.05, 4.69) is 15.4 Å². The number of alkyl carbamates (subject to hydrolysis) is 1. The van der Waals surface area contributed by atoms with Gasteiger partial charge in [-0.1, -0.05) is 0 Å². The van der Waals surface area contributed by atoms with Gasteiger partial charge in [0.2, 0.25) is 5.91 Å². The highest BCUT2D eigenvalue weighted by Crippen LogP contribution is 2.22. The van der Waals surface area contributed by atoms with Gasteiger partial charge < -0.3 is 55.1 Å². The van der Waals surface area contributed by atoms with E-state index < -0.39 is 86.2 Å². The molecule has 0 saturated carbocycles. The van der Waals surface area contributed by atoms with Gasteiger partial charge >= 0.3 is 12.1 Å². The molecule has 1 aliphatic heterocycles. The standard InChI is InChI=1S/C18H32N2O12/c1-18(2,3)32-17(28)20-9(14(26)19-8(5-21)15(27)29-4)7-30-16-13(25)12(24)11(23)10(6-22)31-16/h8-13,16,21-25H,5-7H2,1-4H3,(H,19,26)(H,20,28)/t8?,9-,10+,11-,12-,13+,16+/m0/s1. The van der Waals surface area contributed by atoms with E-state index >= 15 is 0 Å². The van der Waals surface area contributed by atoms with Gasteiger partial charge in [0, 0.05) is 0 Å². The molecule has 0 aliphatic carbocycles. The summed E-state index contributed by atoms with van der Waals surface area (Å²) in [5.41, 5.74) is -0.900. The number of carbonyl (C=O) groups is 3. The van der Waals surface area contributed by atoms with Crippen LogP contribution in [-0.2, 0) is 28.5 Å². The lowest BCUT2D eigenvalue weighted by Crippen LogP contribution is -2.60. The molecule has 0 radical (unpaired) electrons. The second kappa shape index (κ2) is 12.2. The molecule has 186 valence electrons. The van der Waals surface area contributed by atoms with Crippen molar-refractivity contribution in [3.05, 3.63) is 0 Å². The Morgan fingerprint density at radius 1 is 1.00 bits per heavy atom. The van der Waals surface area contributed by atoms with Gasteiger partial charge in [-0.15, -0.1) is 0 Å². The Hall–Kier alpha value is -2.07. The Labute approximate surface area is 184 Å². The van der Waals surface area contributed by atoms with Gasteiger partial charge in [0.1, 0.15) is 36.1 Å². The number of carbonyl (C=O) groups excluding carboxylic acids is 3. The summed E-state index contributed by atoms with van der Waals surface area (Å²) >= 11 is 0. The van der Waals surface area contributed by atoms with Crippen molar-refractivity contribution in [2.45, 2.75) is 69.2 Å². The van der Waals surface area contributed by atoms with Gasteiger partial charge in [0.15, 0.2) is 12.3 Å². The smallest absolute Gasteiger partial charge is 0.408 e. The summed E-state index contributed by atoms with van der Waals surface area (Å²) in [5, 5.41) is 52.6. The third-order valence-corrected chi connectivity index (χ3v) is 4.27. The summed E-state index contributed by atoms with van der Waals surface area (Å²) < 4.78 is 20.0. The first kappa shape index (κ1) is 28.0.